The van der Waals surface area contributed by atoms with Crippen molar-refractivity contribution >= 4 is 6.09 Å². The zero-order valence-electron chi connectivity index (χ0n) is 11.6. The van der Waals surface area contributed by atoms with Gasteiger partial charge in [-0.1, -0.05) is 6.42 Å². The van der Waals surface area contributed by atoms with Gasteiger partial charge < -0.3 is 15.0 Å². The molecule has 0 bridgehead atoms. The Labute approximate surface area is 105 Å². The minimum absolute atomic E-state index is 0.202. The van der Waals surface area contributed by atoms with Gasteiger partial charge in [0.1, 0.15) is 5.60 Å². The largest absolute Gasteiger partial charge is 0.444 e. The summed E-state index contributed by atoms with van der Waals surface area (Å²) < 4.78 is 5.39. The predicted octanol–water partition coefficient (Wildman–Crippen LogP) is 2.39. The maximum Gasteiger partial charge on any atom is 0.410 e. The Kier molecular flexibility index (Phi) is 5.25. The second kappa shape index (κ2) is 6.24. The van der Waals surface area contributed by atoms with Gasteiger partial charge in [0.05, 0.1) is 0 Å². The van der Waals surface area contributed by atoms with E-state index in [0.717, 1.165) is 19.5 Å². The van der Waals surface area contributed by atoms with E-state index in [2.05, 4.69) is 5.32 Å². The Morgan fingerprint density at radius 3 is 2.59 bits per heavy atom. The molecule has 0 aromatic heterocycles. The topological polar surface area (TPSA) is 41.6 Å². The average Bonchev–Trinajstić information content (AvgIpc) is 2.24. The van der Waals surface area contributed by atoms with E-state index in [1.54, 1.807) is 4.90 Å². The van der Waals surface area contributed by atoms with E-state index < -0.39 is 5.60 Å². The first-order valence-electron chi connectivity index (χ1n) is 6.63. The molecule has 1 aliphatic heterocycles. The molecular weight excluding hydrogens is 216 g/mol. The third-order valence-electron chi connectivity index (χ3n) is 2.89. The first kappa shape index (κ1) is 14.3. The number of nitrogens with zero attached hydrogens (tertiary/aromatic N) is 1. The normalized spacial score (nSPS) is 21.1. The molecule has 1 aliphatic rings. The highest BCUT2D eigenvalue weighted by Gasteiger charge is 2.24. The molecule has 0 aromatic rings. The number of ether oxygens (including phenoxy) is 1. The summed E-state index contributed by atoms with van der Waals surface area (Å²) in [6.07, 6.45) is 3.45. The van der Waals surface area contributed by atoms with Crippen LogP contribution in [0.25, 0.3) is 0 Å². The van der Waals surface area contributed by atoms with Gasteiger partial charge in [-0.25, -0.2) is 4.79 Å². The van der Waals surface area contributed by atoms with Crippen LogP contribution >= 0.6 is 0 Å². The van der Waals surface area contributed by atoms with Crippen LogP contribution in [0.4, 0.5) is 4.79 Å². The van der Waals surface area contributed by atoms with Crippen molar-refractivity contribution in [3.8, 4) is 0 Å². The molecule has 0 radical (unpaired) electrons. The minimum Gasteiger partial charge on any atom is -0.444 e. The third kappa shape index (κ3) is 5.39. The van der Waals surface area contributed by atoms with Crippen LogP contribution in [0.3, 0.4) is 0 Å². The highest BCUT2D eigenvalue weighted by molar-refractivity contribution is 5.68. The summed E-state index contributed by atoms with van der Waals surface area (Å²) in [5.41, 5.74) is -0.412. The Hall–Kier alpha value is -0.770. The maximum absolute atomic E-state index is 11.9. The lowest BCUT2D eigenvalue weighted by Gasteiger charge is -2.31. The molecule has 4 heteroatoms. The number of piperidine rings is 1. The first-order valence-corrected chi connectivity index (χ1v) is 6.63. The summed E-state index contributed by atoms with van der Waals surface area (Å²) in [6.45, 7) is 10.2. The molecule has 0 saturated carbocycles. The molecule has 0 aliphatic carbocycles. The van der Waals surface area contributed by atoms with Crippen LogP contribution < -0.4 is 5.32 Å². The highest BCUT2D eigenvalue weighted by atomic mass is 16.6. The van der Waals surface area contributed by atoms with Gasteiger partial charge in [0.25, 0.3) is 0 Å². The van der Waals surface area contributed by atoms with Gasteiger partial charge in [-0.05, 0) is 47.1 Å². The van der Waals surface area contributed by atoms with E-state index in [-0.39, 0.29) is 6.09 Å². The lowest BCUT2D eigenvalue weighted by molar-refractivity contribution is 0.0237. The summed E-state index contributed by atoms with van der Waals surface area (Å²) in [7, 11) is 0. The van der Waals surface area contributed by atoms with Crippen molar-refractivity contribution in [2.75, 3.05) is 19.6 Å². The monoisotopic (exact) mass is 242 g/mol. The number of amides is 1. The number of likely N-dealkylation sites (N-methyl/N-ethyl adjacent to an activating group) is 1. The quantitative estimate of drug-likeness (QED) is 0.826. The van der Waals surface area contributed by atoms with Crippen molar-refractivity contribution in [1.82, 2.24) is 10.2 Å². The second-order valence-corrected chi connectivity index (χ2v) is 5.67. The van der Waals surface area contributed by atoms with Crippen LogP contribution in [0.5, 0.6) is 0 Å². The first-order chi connectivity index (χ1) is 7.92. The van der Waals surface area contributed by atoms with E-state index >= 15 is 0 Å². The molecule has 100 valence electrons. The Morgan fingerprint density at radius 2 is 2.12 bits per heavy atom. The second-order valence-electron chi connectivity index (χ2n) is 5.67. The molecular formula is C13H26N2O2. The van der Waals surface area contributed by atoms with Crippen molar-refractivity contribution in [3.05, 3.63) is 0 Å². The summed E-state index contributed by atoms with van der Waals surface area (Å²) >= 11 is 0. The molecule has 1 saturated heterocycles. The van der Waals surface area contributed by atoms with Gasteiger partial charge in [-0.3, -0.25) is 0 Å². The fourth-order valence-electron chi connectivity index (χ4n) is 2.01. The molecule has 1 atom stereocenters. The molecule has 1 heterocycles. The summed E-state index contributed by atoms with van der Waals surface area (Å²) in [6, 6.07) is 0.427. The van der Waals surface area contributed by atoms with Gasteiger partial charge in [0.2, 0.25) is 0 Å². The molecule has 1 rings (SSSR count). The van der Waals surface area contributed by atoms with Crippen LogP contribution in [0.1, 0.15) is 47.0 Å². The van der Waals surface area contributed by atoms with Gasteiger partial charge in [0, 0.05) is 19.1 Å². The van der Waals surface area contributed by atoms with E-state index in [1.165, 1.54) is 12.8 Å². The molecule has 4 nitrogen and oxygen atoms in total. The molecule has 1 N–H and O–H groups in total. The third-order valence-corrected chi connectivity index (χ3v) is 2.89. The van der Waals surface area contributed by atoms with Crippen molar-refractivity contribution in [1.29, 1.82) is 0 Å². The molecule has 0 aromatic carbocycles. The fourth-order valence-corrected chi connectivity index (χ4v) is 2.01. The number of carbonyl (C=O) groups is 1. The molecule has 1 amide bonds. The SMILES string of the molecule is CCN(C[C@H]1CCCCN1)C(=O)OC(C)(C)C. The number of rotatable bonds is 3. The lowest BCUT2D eigenvalue weighted by atomic mass is 10.0. The molecule has 0 unspecified atom stereocenters. The van der Waals surface area contributed by atoms with Gasteiger partial charge in [-0.2, -0.15) is 0 Å². The Balaban J connectivity index is 2.43. The summed E-state index contributed by atoms with van der Waals surface area (Å²) in [5, 5.41) is 3.45. The van der Waals surface area contributed by atoms with Crippen LogP contribution in [-0.2, 0) is 4.74 Å². The van der Waals surface area contributed by atoms with Crippen LogP contribution in [-0.4, -0.2) is 42.3 Å². The minimum atomic E-state index is -0.412. The number of nitrogens with one attached hydrogen (secondary N) is 1. The van der Waals surface area contributed by atoms with E-state index in [1.807, 2.05) is 27.7 Å². The summed E-state index contributed by atoms with van der Waals surface area (Å²) in [4.78, 5) is 13.7. The van der Waals surface area contributed by atoms with Crippen LogP contribution in [0.15, 0.2) is 0 Å². The Bertz CT molecular complexity index is 242. The van der Waals surface area contributed by atoms with Crippen molar-refractivity contribution in [2.24, 2.45) is 0 Å². The molecule has 0 spiro atoms. The maximum atomic E-state index is 11.9. The highest BCUT2D eigenvalue weighted by Crippen LogP contribution is 2.12. The Morgan fingerprint density at radius 1 is 1.41 bits per heavy atom. The lowest BCUT2D eigenvalue weighted by Crippen LogP contribution is -2.47. The van der Waals surface area contributed by atoms with Gasteiger partial charge >= 0.3 is 6.09 Å². The van der Waals surface area contributed by atoms with Gasteiger partial charge in [-0.15, -0.1) is 0 Å². The predicted molar refractivity (Wildman–Crippen MR) is 69.1 cm³/mol. The fraction of sp³-hybridized carbons (Fsp3) is 0.923. The van der Waals surface area contributed by atoms with E-state index in [0.29, 0.717) is 12.6 Å². The average molecular weight is 242 g/mol. The van der Waals surface area contributed by atoms with Crippen LogP contribution in [0, 0.1) is 0 Å². The smallest absolute Gasteiger partial charge is 0.410 e. The summed E-state index contributed by atoms with van der Waals surface area (Å²) in [5.74, 6) is 0. The van der Waals surface area contributed by atoms with E-state index in [9.17, 15) is 4.79 Å². The van der Waals surface area contributed by atoms with Crippen molar-refractivity contribution in [2.45, 2.75) is 58.6 Å². The van der Waals surface area contributed by atoms with Crippen LogP contribution in [0.2, 0.25) is 0 Å². The number of carbonyl (C=O) groups excluding carboxylic acids is 1. The number of hydrogen-bond donors (Lipinski definition) is 1. The van der Waals surface area contributed by atoms with Crippen molar-refractivity contribution in [3.63, 3.8) is 0 Å². The zero-order chi connectivity index (χ0) is 12.9. The molecule has 1 fully saturated rings. The number of hydrogen-bond acceptors (Lipinski definition) is 3. The standard InChI is InChI=1S/C13H26N2O2/c1-5-15(12(16)17-13(2,3)4)10-11-8-6-7-9-14-11/h11,14H,5-10H2,1-4H3/t11-/m1/s1. The van der Waals surface area contributed by atoms with Crippen molar-refractivity contribution < 1.29 is 9.53 Å². The van der Waals surface area contributed by atoms with Gasteiger partial charge in [0.15, 0.2) is 0 Å². The molecule has 17 heavy (non-hydrogen) atoms. The van der Waals surface area contributed by atoms with E-state index in [4.69, 9.17) is 4.74 Å². The zero-order valence-corrected chi connectivity index (χ0v) is 11.6.